The summed E-state index contributed by atoms with van der Waals surface area (Å²) in [7, 11) is 1.66. The molecule has 1 N–H and O–H groups in total. The van der Waals surface area contributed by atoms with Crippen LogP contribution in [-0.2, 0) is 17.8 Å². The smallest absolute Gasteiger partial charge is 0.382 e. The van der Waals surface area contributed by atoms with E-state index in [1.165, 1.54) is 5.56 Å². The van der Waals surface area contributed by atoms with Gasteiger partial charge in [-0.2, -0.15) is 0 Å². The van der Waals surface area contributed by atoms with Crippen LogP contribution >= 0.6 is 22.9 Å². The van der Waals surface area contributed by atoms with Gasteiger partial charge in [0, 0.05) is 24.6 Å². The molecule has 0 amide bonds. The van der Waals surface area contributed by atoms with E-state index in [9.17, 15) is 4.79 Å². The summed E-state index contributed by atoms with van der Waals surface area (Å²) in [5.41, 5.74) is 3.84. The molecule has 7 heteroatoms. The topological polar surface area (TPSA) is 62.7 Å². The van der Waals surface area contributed by atoms with Gasteiger partial charge in [0.05, 0.1) is 22.3 Å². The standard InChI is InChI=1S/C26H21ClN2O3S/c1-32-21-12-9-19(10-13-21)15-16-29(26-28-23-4-2-3-22(27)25(23)33-26)17-20-7-5-18(6-8-20)11-14-24(30)31/h2-10,12-13H,15-17H2,1H3,(H,30,31). The molecule has 0 saturated carbocycles. The quantitative estimate of drug-likeness (QED) is 0.349. The summed E-state index contributed by atoms with van der Waals surface area (Å²) in [5, 5.41) is 10.3. The molecule has 4 rings (SSSR count). The lowest BCUT2D eigenvalue weighted by molar-refractivity contribution is -0.130. The van der Waals surface area contributed by atoms with Crippen LogP contribution < -0.4 is 9.64 Å². The van der Waals surface area contributed by atoms with Crippen molar-refractivity contribution in [2.75, 3.05) is 18.6 Å². The first-order valence-electron chi connectivity index (χ1n) is 10.3. The van der Waals surface area contributed by atoms with E-state index in [1.54, 1.807) is 18.4 Å². The zero-order valence-corrected chi connectivity index (χ0v) is 19.5. The molecule has 0 aliphatic rings. The Morgan fingerprint density at radius 2 is 1.82 bits per heavy atom. The van der Waals surface area contributed by atoms with E-state index in [-0.39, 0.29) is 0 Å². The molecule has 1 aromatic heterocycles. The van der Waals surface area contributed by atoms with Gasteiger partial charge in [-0.25, -0.2) is 9.78 Å². The number of thiazole rings is 1. The molecule has 1 heterocycles. The number of anilines is 1. The molecule has 0 spiro atoms. The monoisotopic (exact) mass is 476 g/mol. The maximum atomic E-state index is 10.7. The highest BCUT2D eigenvalue weighted by atomic mass is 35.5. The normalized spacial score (nSPS) is 10.5. The van der Waals surface area contributed by atoms with E-state index in [2.05, 4.69) is 28.9 Å². The number of carbonyl (C=O) groups is 1. The fourth-order valence-electron chi connectivity index (χ4n) is 3.38. The van der Waals surface area contributed by atoms with Gasteiger partial charge >= 0.3 is 5.97 Å². The molecule has 0 aliphatic carbocycles. The molecule has 0 saturated heterocycles. The van der Waals surface area contributed by atoms with Crippen LogP contribution in [0.25, 0.3) is 10.2 Å². The van der Waals surface area contributed by atoms with Crippen molar-refractivity contribution in [2.45, 2.75) is 13.0 Å². The van der Waals surface area contributed by atoms with Gasteiger partial charge in [-0.3, -0.25) is 0 Å². The number of halogens is 1. The van der Waals surface area contributed by atoms with Crippen LogP contribution in [-0.4, -0.2) is 29.7 Å². The van der Waals surface area contributed by atoms with Crippen LogP contribution in [0.4, 0.5) is 5.13 Å². The molecule has 33 heavy (non-hydrogen) atoms. The maximum absolute atomic E-state index is 10.7. The maximum Gasteiger partial charge on any atom is 0.382 e. The van der Waals surface area contributed by atoms with Crippen molar-refractivity contribution in [3.8, 4) is 17.6 Å². The number of fused-ring (bicyclic) bond motifs is 1. The average molecular weight is 477 g/mol. The number of ether oxygens (including phenoxy) is 1. The number of aliphatic carboxylic acids is 1. The Bertz CT molecular complexity index is 1320. The fraction of sp³-hybridized carbons (Fsp3) is 0.154. The lowest BCUT2D eigenvalue weighted by Crippen LogP contribution is -2.25. The Kier molecular flexibility index (Phi) is 7.13. The first kappa shape index (κ1) is 22.7. The van der Waals surface area contributed by atoms with Crippen LogP contribution in [0.3, 0.4) is 0 Å². The van der Waals surface area contributed by atoms with Crippen molar-refractivity contribution in [3.05, 3.63) is 88.4 Å². The number of carboxylic acids is 1. The summed E-state index contributed by atoms with van der Waals surface area (Å²) in [4.78, 5) is 17.7. The van der Waals surface area contributed by atoms with Crippen molar-refractivity contribution in [1.29, 1.82) is 0 Å². The van der Waals surface area contributed by atoms with Crippen LogP contribution in [0, 0.1) is 11.8 Å². The molecule has 0 unspecified atom stereocenters. The van der Waals surface area contributed by atoms with Gasteiger partial charge in [-0.15, -0.1) is 0 Å². The number of hydrogen-bond acceptors (Lipinski definition) is 5. The van der Waals surface area contributed by atoms with E-state index in [4.69, 9.17) is 26.4 Å². The molecule has 3 aromatic carbocycles. The predicted molar refractivity (Wildman–Crippen MR) is 133 cm³/mol. The molecular formula is C26H21ClN2O3S. The molecule has 0 bridgehead atoms. The van der Waals surface area contributed by atoms with Crippen molar-refractivity contribution in [1.82, 2.24) is 4.98 Å². The molecule has 0 fully saturated rings. The second-order valence-corrected chi connectivity index (χ2v) is 8.74. The van der Waals surface area contributed by atoms with Crippen LogP contribution in [0.15, 0.2) is 66.7 Å². The van der Waals surface area contributed by atoms with Crippen molar-refractivity contribution >= 4 is 44.3 Å². The van der Waals surface area contributed by atoms with E-state index < -0.39 is 5.97 Å². The van der Waals surface area contributed by atoms with Gasteiger partial charge in [0.1, 0.15) is 5.75 Å². The molecule has 0 radical (unpaired) electrons. The van der Waals surface area contributed by atoms with Crippen LogP contribution in [0.5, 0.6) is 5.75 Å². The zero-order valence-electron chi connectivity index (χ0n) is 17.9. The Hall–Kier alpha value is -3.53. The number of nitrogens with zero attached hydrogens (tertiary/aromatic N) is 2. The highest BCUT2D eigenvalue weighted by Gasteiger charge is 2.15. The number of rotatable bonds is 7. The van der Waals surface area contributed by atoms with E-state index in [1.807, 2.05) is 54.6 Å². The number of benzene rings is 3. The summed E-state index contributed by atoms with van der Waals surface area (Å²) < 4.78 is 6.23. The minimum Gasteiger partial charge on any atom is -0.497 e. The lowest BCUT2D eigenvalue weighted by Gasteiger charge is -2.22. The predicted octanol–water partition coefficient (Wildman–Crippen LogP) is 5.64. The van der Waals surface area contributed by atoms with Gasteiger partial charge in [0.15, 0.2) is 5.13 Å². The highest BCUT2D eigenvalue weighted by Crippen LogP contribution is 2.34. The Labute approximate surface area is 201 Å². The Balaban J connectivity index is 1.58. The Morgan fingerprint density at radius 1 is 1.09 bits per heavy atom. The molecular weight excluding hydrogens is 456 g/mol. The minimum atomic E-state index is -1.14. The number of hydrogen-bond donors (Lipinski definition) is 1. The van der Waals surface area contributed by atoms with Crippen LogP contribution in [0.2, 0.25) is 5.02 Å². The lowest BCUT2D eigenvalue weighted by atomic mass is 10.1. The van der Waals surface area contributed by atoms with Gasteiger partial charge in [0.25, 0.3) is 0 Å². The highest BCUT2D eigenvalue weighted by molar-refractivity contribution is 7.22. The second-order valence-electron chi connectivity index (χ2n) is 7.36. The summed E-state index contributed by atoms with van der Waals surface area (Å²) in [6.07, 6.45) is 0.843. The zero-order chi connectivity index (χ0) is 23.2. The molecule has 4 aromatic rings. The van der Waals surface area contributed by atoms with Gasteiger partial charge < -0.3 is 14.7 Å². The van der Waals surface area contributed by atoms with Crippen molar-refractivity contribution in [3.63, 3.8) is 0 Å². The summed E-state index contributed by atoms with van der Waals surface area (Å²) >= 11 is 7.97. The van der Waals surface area contributed by atoms with Crippen molar-refractivity contribution in [2.24, 2.45) is 0 Å². The van der Waals surface area contributed by atoms with E-state index in [0.29, 0.717) is 17.1 Å². The summed E-state index contributed by atoms with van der Waals surface area (Å²) in [6, 6.07) is 21.4. The molecule has 0 aliphatic heterocycles. The third-order valence-electron chi connectivity index (χ3n) is 5.10. The summed E-state index contributed by atoms with van der Waals surface area (Å²) in [5.74, 6) is 4.47. The number of aromatic nitrogens is 1. The van der Waals surface area contributed by atoms with Crippen molar-refractivity contribution < 1.29 is 14.6 Å². The largest absolute Gasteiger partial charge is 0.497 e. The third-order valence-corrected chi connectivity index (χ3v) is 6.69. The average Bonchev–Trinajstić information content (AvgIpc) is 3.27. The molecule has 0 atom stereocenters. The van der Waals surface area contributed by atoms with Gasteiger partial charge in [-0.1, -0.05) is 59.2 Å². The summed E-state index contributed by atoms with van der Waals surface area (Å²) in [6.45, 7) is 1.42. The minimum absolute atomic E-state index is 0.653. The second kappa shape index (κ2) is 10.4. The van der Waals surface area contributed by atoms with Gasteiger partial charge in [-0.05, 0) is 53.9 Å². The van der Waals surface area contributed by atoms with Crippen LogP contribution in [0.1, 0.15) is 16.7 Å². The first-order valence-corrected chi connectivity index (χ1v) is 11.5. The van der Waals surface area contributed by atoms with E-state index in [0.717, 1.165) is 39.6 Å². The van der Waals surface area contributed by atoms with E-state index >= 15 is 0 Å². The SMILES string of the molecule is COc1ccc(CCN(Cc2ccc(C#CC(=O)O)cc2)c2nc3cccc(Cl)c3s2)cc1. The number of methoxy groups -OCH3 is 1. The third kappa shape index (κ3) is 5.83. The van der Waals surface area contributed by atoms with Gasteiger partial charge in [0.2, 0.25) is 0 Å². The Morgan fingerprint density at radius 3 is 2.48 bits per heavy atom. The molecule has 166 valence electrons. The first-order chi connectivity index (χ1) is 16.0. The molecule has 5 nitrogen and oxygen atoms in total. The fourth-order valence-corrected chi connectivity index (χ4v) is 4.66. The number of carboxylic acid groups (broad SMARTS) is 1.